The molecule has 1 aliphatic heterocycles. The number of nitrogens with one attached hydrogen (secondary N) is 1. The Morgan fingerprint density at radius 2 is 2.47 bits per heavy atom. The molecule has 0 saturated carbocycles. The van der Waals surface area contributed by atoms with Crippen molar-refractivity contribution in [3.8, 4) is 0 Å². The molecular weight excluding hydrogens is 254 g/mol. The van der Waals surface area contributed by atoms with E-state index in [0.717, 1.165) is 16.7 Å². The second kappa shape index (κ2) is 3.61. The zero-order valence-corrected chi connectivity index (χ0v) is 9.87. The summed E-state index contributed by atoms with van der Waals surface area (Å²) in [6.07, 6.45) is 6.51. The van der Waals surface area contributed by atoms with Crippen LogP contribution in [0.25, 0.3) is 5.65 Å². The number of imidazole rings is 1. The maximum absolute atomic E-state index is 4.44. The van der Waals surface area contributed by atoms with Crippen LogP contribution in [0.5, 0.6) is 0 Å². The molecule has 0 aliphatic carbocycles. The lowest BCUT2D eigenvalue weighted by atomic mass is 10.2. The third-order valence-corrected chi connectivity index (χ3v) is 3.55. The van der Waals surface area contributed by atoms with Crippen molar-refractivity contribution >= 4 is 21.6 Å². The molecule has 4 heteroatoms. The van der Waals surface area contributed by atoms with Crippen LogP contribution in [0, 0.1) is 0 Å². The minimum atomic E-state index is 0.467. The Morgan fingerprint density at radius 1 is 1.53 bits per heavy atom. The summed E-state index contributed by atoms with van der Waals surface area (Å²) in [5, 5.41) is 3.49. The summed E-state index contributed by atoms with van der Waals surface area (Å²) < 4.78 is 3.21. The first-order valence-electron chi connectivity index (χ1n) is 5.21. The Hall–Kier alpha value is -0.870. The van der Waals surface area contributed by atoms with Crippen LogP contribution in [-0.4, -0.2) is 15.9 Å². The van der Waals surface area contributed by atoms with Crippen LogP contribution < -0.4 is 5.32 Å². The van der Waals surface area contributed by atoms with Gasteiger partial charge in [0.2, 0.25) is 0 Å². The molecule has 1 N–H and O–H groups in total. The van der Waals surface area contributed by atoms with E-state index in [1.54, 1.807) is 0 Å². The van der Waals surface area contributed by atoms with E-state index in [2.05, 4.69) is 36.8 Å². The Kier molecular flexibility index (Phi) is 2.25. The molecule has 3 heterocycles. The molecule has 78 valence electrons. The maximum atomic E-state index is 4.44. The summed E-state index contributed by atoms with van der Waals surface area (Å²) in [4.78, 5) is 4.44. The third kappa shape index (κ3) is 1.48. The standard InChI is InChI=1S/C11H12BrN3/c12-8-3-2-6-15-10(7-14-11(8)15)9-4-1-5-13-9/h2-3,6-7,9,13H,1,4-5H2. The molecule has 0 radical (unpaired) electrons. The number of aromatic nitrogens is 2. The third-order valence-electron chi connectivity index (χ3n) is 2.93. The van der Waals surface area contributed by atoms with Gasteiger partial charge in [0.25, 0.3) is 0 Å². The zero-order valence-electron chi connectivity index (χ0n) is 8.28. The van der Waals surface area contributed by atoms with Crippen LogP contribution in [0.1, 0.15) is 24.6 Å². The molecule has 0 spiro atoms. The van der Waals surface area contributed by atoms with Crippen LogP contribution in [0.4, 0.5) is 0 Å². The number of halogens is 1. The van der Waals surface area contributed by atoms with Gasteiger partial charge in [-0.25, -0.2) is 4.98 Å². The summed E-state index contributed by atoms with van der Waals surface area (Å²) >= 11 is 3.52. The molecule has 1 atom stereocenters. The molecule has 2 aromatic rings. The van der Waals surface area contributed by atoms with Gasteiger partial charge < -0.3 is 9.72 Å². The lowest BCUT2D eigenvalue weighted by molar-refractivity contribution is 0.622. The van der Waals surface area contributed by atoms with Gasteiger partial charge in [-0.2, -0.15) is 0 Å². The summed E-state index contributed by atoms with van der Waals surface area (Å²) in [5.74, 6) is 0. The van der Waals surface area contributed by atoms with E-state index < -0.39 is 0 Å². The minimum absolute atomic E-state index is 0.467. The number of hydrogen-bond donors (Lipinski definition) is 1. The van der Waals surface area contributed by atoms with Crippen LogP contribution in [-0.2, 0) is 0 Å². The molecule has 1 fully saturated rings. The van der Waals surface area contributed by atoms with Crippen molar-refractivity contribution in [1.29, 1.82) is 0 Å². The van der Waals surface area contributed by atoms with Crippen LogP contribution in [0.2, 0.25) is 0 Å². The Balaban J connectivity index is 2.15. The van der Waals surface area contributed by atoms with Crippen LogP contribution in [0.3, 0.4) is 0 Å². The number of hydrogen-bond acceptors (Lipinski definition) is 2. The normalized spacial score (nSPS) is 21.3. The fourth-order valence-electron chi connectivity index (χ4n) is 2.19. The van der Waals surface area contributed by atoms with Gasteiger partial charge in [0.05, 0.1) is 16.4 Å². The van der Waals surface area contributed by atoms with E-state index in [4.69, 9.17) is 0 Å². The highest BCUT2D eigenvalue weighted by molar-refractivity contribution is 9.10. The minimum Gasteiger partial charge on any atom is -0.309 e. The van der Waals surface area contributed by atoms with Gasteiger partial charge in [0.1, 0.15) is 0 Å². The van der Waals surface area contributed by atoms with Crippen molar-refractivity contribution < 1.29 is 0 Å². The SMILES string of the molecule is Brc1cccn2c(C3CCCN3)cnc12. The molecular formula is C11H12BrN3. The average Bonchev–Trinajstić information content (AvgIpc) is 2.85. The molecule has 1 aliphatic rings. The number of rotatable bonds is 1. The zero-order chi connectivity index (χ0) is 10.3. The van der Waals surface area contributed by atoms with Crippen LogP contribution in [0.15, 0.2) is 29.0 Å². The molecule has 0 aromatic carbocycles. The van der Waals surface area contributed by atoms with E-state index in [1.165, 1.54) is 18.5 Å². The molecule has 15 heavy (non-hydrogen) atoms. The number of nitrogens with zero attached hydrogens (tertiary/aromatic N) is 2. The highest BCUT2D eigenvalue weighted by Crippen LogP contribution is 2.26. The molecule has 2 aromatic heterocycles. The van der Waals surface area contributed by atoms with Gasteiger partial charge in [-0.15, -0.1) is 0 Å². The van der Waals surface area contributed by atoms with E-state index in [0.29, 0.717) is 6.04 Å². The first-order valence-corrected chi connectivity index (χ1v) is 6.00. The molecule has 1 unspecified atom stereocenters. The van der Waals surface area contributed by atoms with Gasteiger partial charge in [0, 0.05) is 12.2 Å². The highest BCUT2D eigenvalue weighted by Gasteiger charge is 2.19. The largest absolute Gasteiger partial charge is 0.309 e. The summed E-state index contributed by atoms with van der Waals surface area (Å²) in [7, 11) is 0. The fourth-order valence-corrected chi connectivity index (χ4v) is 2.64. The van der Waals surface area contributed by atoms with Gasteiger partial charge in [-0.05, 0) is 47.4 Å². The monoisotopic (exact) mass is 265 g/mol. The highest BCUT2D eigenvalue weighted by atomic mass is 79.9. The van der Waals surface area contributed by atoms with Crippen molar-refractivity contribution in [2.75, 3.05) is 6.54 Å². The smallest absolute Gasteiger partial charge is 0.151 e. The van der Waals surface area contributed by atoms with Gasteiger partial charge in [-0.1, -0.05) is 0 Å². The Bertz CT molecular complexity index is 486. The maximum Gasteiger partial charge on any atom is 0.151 e. The van der Waals surface area contributed by atoms with E-state index in [1.807, 2.05) is 18.3 Å². The van der Waals surface area contributed by atoms with Crippen molar-refractivity contribution in [2.45, 2.75) is 18.9 Å². The van der Waals surface area contributed by atoms with Gasteiger partial charge >= 0.3 is 0 Å². The molecule has 1 saturated heterocycles. The van der Waals surface area contributed by atoms with E-state index in [9.17, 15) is 0 Å². The lowest BCUT2D eigenvalue weighted by Gasteiger charge is -2.09. The number of fused-ring (bicyclic) bond motifs is 1. The summed E-state index contributed by atoms with van der Waals surface area (Å²) in [6.45, 7) is 1.12. The van der Waals surface area contributed by atoms with Gasteiger partial charge in [-0.3, -0.25) is 0 Å². The summed E-state index contributed by atoms with van der Waals surface area (Å²) in [6, 6.07) is 4.53. The van der Waals surface area contributed by atoms with E-state index >= 15 is 0 Å². The summed E-state index contributed by atoms with van der Waals surface area (Å²) in [5.41, 5.74) is 2.27. The van der Waals surface area contributed by atoms with Crippen molar-refractivity contribution in [3.05, 3.63) is 34.7 Å². The quantitative estimate of drug-likeness (QED) is 0.859. The lowest BCUT2D eigenvalue weighted by Crippen LogP contribution is -2.14. The first-order chi connectivity index (χ1) is 7.36. The van der Waals surface area contributed by atoms with Gasteiger partial charge in [0.15, 0.2) is 5.65 Å². The molecule has 3 rings (SSSR count). The fraction of sp³-hybridized carbons (Fsp3) is 0.364. The van der Waals surface area contributed by atoms with Crippen molar-refractivity contribution in [2.24, 2.45) is 0 Å². The predicted molar refractivity (Wildman–Crippen MR) is 62.9 cm³/mol. The Labute approximate surface area is 96.6 Å². The second-order valence-corrected chi connectivity index (χ2v) is 4.74. The number of pyridine rings is 1. The van der Waals surface area contributed by atoms with Crippen LogP contribution >= 0.6 is 15.9 Å². The molecule has 3 nitrogen and oxygen atoms in total. The topological polar surface area (TPSA) is 29.3 Å². The average molecular weight is 266 g/mol. The molecule has 0 amide bonds. The van der Waals surface area contributed by atoms with Crippen molar-refractivity contribution in [3.63, 3.8) is 0 Å². The first kappa shape index (κ1) is 9.36. The van der Waals surface area contributed by atoms with Crippen molar-refractivity contribution in [1.82, 2.24) is 14.7 Å². The second-order valence-electron chi connectivity index (χ2n) is 3.88. The predicted octanol–water partition coefficient (Wildman–Crippen LogP) is 2.52. The molecule has 0 bridgehead atoms. The van der Waals surface area contributed by atoms with E-state index in [-0.39, 0.29) is 0 Å². The Morgan fingerprint density at radius 3 is 3.27 bits per heavy atom.